The zero-order valence-electron chi connectivity index (χ0n) is 16.6. The molecule has 1 unspecified atom stereocenters. The van der Waals surface area contributed by atoms with Crippen molar-refractivity contribution in [2.45, 2.75) is 51.5 Å². The maximum absolute atomic E-state index is 12.9. The molecule has 1 aliphatic carbocycles. The van der Waals surface area contributed by atoms with Crippen molar-refractivity contribution in [3.8, 4) is 11.5 Å². The smallest absolute Gasteiger partial charge is 0.310 e. The van der Waals surface area contributed by atoms with E-state index in [4.69, 9.17) is 14.2 Å². The number of rotatable bonds is 8. The fourth-order valence-corrected chi connectivity index (χ4v) is 3.51. The fourth-order valence-electron chi connectivity index (χ4n) is 3.51. The van der Waals surface area contributed by atoms with Crippen LogP contribution in [0.15, 0.2) is 24.3 Å². The summed E-state index contributed by atoms with van der Waals surface area (Å²) in [6.07, 6.45) is 6.56. The molecule has 0 saturated heterocycles. The highest BCUT2D eigenvalue weighted by Crippen LogP contribution is 2.24. The third-order valence-corrected chi connectivity index (χ3v) is 5.06. The monoisotopic (exact) mass is 377 g/mol. The number of esters is 1. The quantitative estimate of drug-likeness (QED) is 0.513. The average molecular weight is 377 g/mol. The largest absolute Gasteiger partial charge is 0.497 e. The lowest BCUT2D eigenvalue weighted by Crippen LogP contribution is -2.46. The number of benzene rings is 1. The van der Waals surface area contributed by atoms with Crippen LogP contribution in [0, 0.1) is 5.92 Å². The molecule has 0 radical (unpaired) electrons. The molecule has 150 valence electrons. The first kappa shape index (κ1) is 21.1. The standard InChI is InChI=1S/C21H31NO5/c1-16(21(24)26-3)14-22(17-9-6-4-5-7-10-17)20(23)15-27-19-12-8-11-18(13-19)25-2/h8,11-13,16-17H,4-7,9-10,14-15H2,1-3H3. The molecular weight excluding hydrogens is 346 g/mol. The second-order valence-electron chi connectivity index (χ2n) is 7.08. The van der Waals surface area contributed by atoms with E-state index in [1.807, 2.05) is 17.0 Å². The Balaban J connectivity index is 2.05. The zero-order valence-corrected chi connectivity index (χ0v) is 16.6. The van der Waals surface area contributed by atoms with Gasteiger partial charge in [-0.1, -0.05) is 38.7 Å². The first-order chi connectivity index (χ1) is 13.0. The lowest BCUT2D eigenvalue weighted by atomic mass is 10.0. The molecular formula is C21H31NO5. The van der Waals surface area contributed by atoms with Gasteiger partial charge in [0.15, 0.2) is 6.61 Å². The Hall–Kier alpha value is -2.24. The molecule has 1 aromatic rings. The van der Waals surface area contributed by atoms with Gasteiger partial charge in [0.1, 0.15) is 11.5 Å². The van der Waals surface area contributed by atoms with Crippen molar-refractivity contribution in [2.75, 3.05) is 27.4 Å². The summed E-state index contributed by atoms with van der Waals surface area (Å²) in [7, 11) is 2.97. The molecule has 1 aliphatic rings. The van der Waals surface area contributed by atoms with E-state index in [2.05, 4.69) is 0 Å². The number of ether oxygens (including phenoxy) is 3. The Morgan fingerprint density at radius 3 is 2.41 bits per heavy atom. The van der Waals surface area contributed by atoms with E-state index in [9.17, 15) is 9.59 Å². The first-order valence-corrected chi connectivity index (χ1v) is 9.69. The van der Waals surface area contributed by atoms with Crippen LogP contribution in [0.5, 0.6) is 11.5 Å². The SMILES string of the molecule is COC(=O)C(C)CN(C(=O)COc1cccc(OC)c1)C1CCCCCC1. The van der Waals surface area contributed by atoms with Gasteiger partial charge < -0.3 is 19.1 Å². The van der Waals surface area contributed by atoms with Crippen molar-refractivity contribution in [3.63, 3.8) is 0 Å². The third kappa shape index (κ3) is 6.45. The van der Waals surface area contributed by atoms with Crippen LogP contribution in [0.1, 0.15) is 45.4 Å². The maximum atomic E-state index is 12.9. The fraction of sp³-hybridized carbons (Fsp3) is 0.619. The van der Waals surface area contributed by atoms with Crippen LogP contribution in [-0.4, -0.2) is 50.2 Å². The predicted molar refractivity (Wildman–Crippen MR) is 103 cm³/mol. The number of carbonyl (C=O) groups excluding carboxylic acids is 2. The van der Waals surface area contributed by atoms with E-state index in [-0.39, 0.29) is 30.4 Å². The molecule has 0 aliphatic heterocycles. The minimum atomic E-state index is -0.362. The van der Waals surface area contributed by atoms with E-state index >= 15 is 0 Å². The molecule has 1 fully saturated rings. The van der Waals surface area contributed by atoms with Gasteiger partial charge >= 0.3 is 5.97 Å². The number of methoxy groups -OCH3 is 2. The van der Waals surface area contributed by atoms with Gasteiger partial charge in [-0.2, -0.15) is 0 Å². The van der Waals surface area contributed by atoms with Gasteiger partial charge in [-0.05, 0) is 25.0 Å². The molecule has 1 saturated carbocycles. The lowest BCUT2D eigenvalue weighted by Gasteiger charge is -2.33. The maximum Gasteiger partial charge on any atom is 0.310 e. The highest BCUT2D eigenvalue weighted by Gasteiger charge is 2.28. The zero-order chi connectivity index (χ0) is 19.6. The molecule has 0 heterocycles. The second kappa shape index (κ2) is 10.8. The third-order valence-electron chi connectivity index (χ3n) is 5.06. The van der Waals surface area contributed by atoms with Crippen molar-refractivity contribution in [1.82, 2.24) is 4.90 Å². The normalized spacial score (nSPS) is 16.1. The Kier molecular flexibility index (Phi) is 8.43. The summed E-state index contributed by atoms with van der Waals surface area (Å²) < 4.78 is 15.7. The molecule has 1 amide bonds. The van der Waals surface area contributed by atoms with E-state index in [0.29, 0.717) is 18.0 Å². The minimum absolute atomic E-state index is 0.0580. The molecule has 2 rings (SSSR count). The molecule has 0 spiro atoms. The number of hydrogen-bond donors (Lipinski definition) is 0. The summed E-state index contributed by atoms with van der Waals surface area (Å²) in [4.78, 5) is 26.6. The second-order valence-corrected chi connectivity index (χ2v) is 7.08. The first-order valence-electron chi connectivity index (χ1n) is 9.69. The molecule has 1 atom stereocenters. The predicted octanol–water partition coefficient (Wildman–Crippen LogP) is 3.43. The van der Waals surface area contributed by atoms with Gasteiger partial charge in [-0.25, -0.2) is 0 Å². The number of hydrogen-bond acceptors (Lipinski definition) is 5. The lowest BCUT2D eigenvalue weighted by molar-refractivity contribution is -0.147. The summed E-state index contributed by atoms with van der Waals surface area (Å²) in [5, 5.41) is 0. The minimum Gasteiger partial charge on any atom is -0.497 e. The van der Waals surface area contributed by atoms with Gasteiger partial charge in [0.05, 0.1) is 20.1 Å². The molecule has 27 heavy (non-hydrogen) atoms. The van der Waals surface area contributed by atoms with Crippen LogP contribution in [0.25, 0.3) is 0 Å². The van der Waals surface area contributed by atoms with Crippen molar-refractivity contribution in [2.24, 2.45) is 5.92 Å². The molecule has 1 aromatic carbocycles. The van der Waals surface area contributed by atoms with Crippen molar-refractivity contribution < 1.29 is 23.8 Å². The van der Waals surface area contributed by atoms with E-state index < -0.39 is 0 Å². The highest BCUT2D eigenvalue weighted by atomic mass is 16.5. The highest BCUT2D eigenvalue weighted by molar-refractivity contribution is 5.79. The summed E-state index contributed by atoms with van der Waals surface area (Å²) in [6.45, 7) is 2.10. The van der Waals surface area contributed by atoms with Crippen LogP contribution in [0.4, 0.5) is 0 Å². The Labute approximate surface area is 161 Å². The van der Waals surface area contributed by atoms with Gasteiger partial charge in [0.25, 0.3) is 5.91 Å². The van der Waals surface area contributed by atoms with Gasteiger partial charge in [0, 0.05) is 18.7 Å². The van der Waals surface area contributed by atoms with E-state index in [0.717, 1.165) is 25.7 Å². The summed E-state index contributed by atoms with van der Waals surface area (Å²) in [6, 6.07) is 7.34. The van der Waals surface area contributed by atoms with E-state index in [1.54, 1.807) is 26.2 Å². The van der Waals surface area contributed by atoms with Crippen LogP contribution < -0.4 is 9.47 Å². The molecule has 0 N–H and O–H groups in total. The summed E-state index contributed by atoms with van der Waals surface area (Å²) >= 11 is 0. The average Bonchev–Trinajstić information content (AvgIpc) is 2.98. The van der Waals surface area contributed by atoms with Crippen LogP contribution >= 0.6 is 0 Å². The molecule has 0 bridgehead atoms. The van der Waals surface area contributed by atoms with Crippen LogP contribution in [0.3, 0.4) is 0 Å². The number of nitrogens with zero attached hydrogens (tertiary/aromatic N) is 1. The topological polar surface area (TPSA) is 65.1 Å². The summed E-state index contributed by atoms with van der Waals surface area (Å²) in [5.41, 5.74) is 0. The molecule has 6 nitrogen and oxygen atoms in total. The summed E-state index contributed by atoms with van der Waals surface area (Å²) in [5.74, 6) is 0.513. The van der Waals surface area contributed by atoms with Gasteiger partial charge in [-0.3, -0.25) is 9.59 Å². The Morgan fingerprint density at radius 1 is 1.11 bits per heavy atom. The van der Waals surface area contributed by atoms with Gasteiger partial charge in [-0.15, -0.1) is 0 Å². The Morgan fingerprint density at radius 2 is 1.78 bits per heavy atom. The number of carbonyl (C=O) groups is 2. The molecule has 6 heteroatoms. The van der Waals surface area contributed by atoms with Crippen LogP contribution in [0.2, 0.25) is 0 Å². The van der Waals surface area contributed by atoms with E-state index in [1.165, 1.54) is 20.0 Å². The van der Waals surface area contributed by atoms with Crippen molar-refractivity contribution >= 4 is 11.9 Å². The number of amides is 1. The van der Waals surface area contributed by atoms with Crippen LogP contribution in [-0.2, 0) is 14.3 Å². The molecule has 0 aromatic heterocycles. The van der Waals surface area contributed by atoms with Gasteiger partial charge in [0.2, 0.25) is 0 Å². The Bertz CT molecular complexity index is 610. The van der Waals surface area contributed by atoms with Crippen molar-refractivity contribution in [1.29, 1.82) is 0 Å². The van der Waals surface area contributed by atoms with Crippen molar-refractivity contribution in [3.05, 3.63) is 24.3 Å².